The van der Waals surface area contributed by atoms with Gasteiger partial charge < -0.3 is 10.4 Å². The van der Waals surface area contributed by atoms with E-state index in [0.29, 0.717) is 24.2 Å². The third-order valence-corrected chi connectivity index (χ3v) is 2.83. The molecule has 1 amide bonds. The van der Waals surface area contributed by atoms with Crippen LogP contribution in [0.5, 0.6) is 0 Å². The van der Waals surface area contributed by atoms with Crippen LogP contribution in [0.1, 0.15) is 23.7 Å². The van der Waals surface area contributed by atoms with Crippen molar-refractivity contribution >= 4 is 27.5 Å². The molecule has 0 saturated carbocycles. The van der Waals surface area contributed by atoms with Gasteiger partial charge in [-0.15, -0.1) is 0 Å². The lowest BCUT2D eigenvalue weighted by Crippen LogP contribution is -2.26. The zero-order valence-electron chi connectivity index (χ0n) is 9.80. The number of hydrogen-bond acceptors (Lipinski definition) is 4. The van der Waals surface area contributed by atoms with Gasteiger partial charge in [0.15, 0.2) is 5.65 Å². The Morgan fingerprint density at radius 3 is 3.11 bits per heavy atom. The van der Waals surface area contributed by atoms with Gasteiger partial charge in [0.1, 0.15) is 5.56 Å². The highest BCUT2D eigenvalue weighted by atomic mass is 79.9. The third-order valence-electron chi connectivity index (χ3n) is 2.42. The van der Waals surface area contributed by atoms with Crippen LogP contribution in [0.2, 0.25) is 0 Å². The van der Waals surface area contributed by atoms with Crippen LogP contribution < -0.4 is 5.32 Å². The number of halogens is 1. The number of nitrogens with zero attached hydrogens (tertiary/aromatic N) is 3. The lowest BCUT2D eigenvalue weighted by Gasteiger charge is -2.05. The lowest BCUT2D eigenvalue weighted by molar-refractivity contribution is 0.0947. The summed E-state index contributed by atoms with van der Waals surface area (Å²) in [6.45, 7) is 2.10. The Kier molecular flexibility index (Phi) is 3.93. The summed E-state index contributed by atoms with van der Waals surface area (Å²) in [7, 11) is 0. The quantitative estimate of drug-likeness (QED) is 0.882. The molecule has 2 aromatic heterocycles. The molecule has 0 fully saturated rings. The zero-order chi connectivity index (χ0) is 13.1. The molecule has 2 heterocycles. The first-order chi connectivity index (χ1) is 8.58. The van der Waals surface area contributed by atoms with E-state index in [0.717, 1.165) is 4.47 Å². The standard InChI is InChI=1S/C11H13BrN4O2/c1-7(17)2-3-13-11(18)9-5-15-16-6-8(12)4-14-10(9)16/h4-7,17H,2-3H2,1H3,(H,13,18). The minimum Gasteiger partial charge on any atom is -0.393 e. The molecule has 0 aliphatic rings. The van der Waals surface area contributed by atoms with Gasteiger partial charge in [-0.3, -0.25) is 4.79 Å². The Morgan fingerprint density at radius 2 is 2.39 bits per heavy atom. The monoisotopic (exact) mass is 312 g/mol. The smallest absolute Gasteiger partial charge is 0.256 e. The zero-order valence-corrected chi connectivity index (χ0v) is 11.4. The minimum atomic E-state index is -0.428. The maximum Gasteiger partial charge on any atom is 0.256 e. The molecule has 2 rings (SSSR count). The van der Waals surface area contributed by atoms with Crippen LogP contribution in [0.25, 0.3) is 5.65 Å². The van der Waals surface area contributed by atoms with Crippen molar-refractivity contribution in [3.63, 3.8) is 0 Å². The number of carbonyl (C=O) groups is 1. The van der Waals surface area contributed by atoms with Crippen molar-refractivity contribution in [3.05, 3.63) is 28.6 Å². The van der Waals surface area contributed by atoms with Gasteiger partial charge in [-0.05, 0) is 29.3 Å². The molecule has 1 unspecified atom stereocenters. The largest absolute Gasteiger partial charge is 0.393 e. The molecule has 0 aliphatic heterocycles. The number of fused-ring (bicyclic) bond motifs is 1. The maximum absolute atomic E-state index is 11.9. The molecular formula is C11H13BrN4O2. The molecule has 0 radical (unpaired) electrons. The third kappa shape index (κ3) is 2.85. The number of aromatic nitrogens is 3. The average Bonchev–Trinajstić information content (AvgIpc) is 2.71. The van der Waals surface area contributed by atoms with Crippen molar-refractivity contribution in [2.24, 2.45) is 0 Å². The van der Waals surface area contributed by atoms with E-state index >= 15 is 0 Å². The first-order valence-electron chi connectivity index (χ1n) is 5.53. The molecule has 2 aromatic rings. The number of amides is 1. The summed E-state index contributed by atoms with van der Waals surface area (Å²) in [4.78, 5) is 16.0. The van der Waals surface area contributed by atoms with Crippen LogP contribution in [-0.4, -0.2) is 38.3 Å². The van der Waals surface area contributed by atoms with E-state index in [1.165, 1.54) is 10.7 Å². The molecule has 6 nitrogen and oxygen atoms in total. The Bertz CT molecular complexity index is 567. The predicted octanol–water partition coefficient (Wildman–Crippen LogP) is 0.992. The summed E-state index contributed by atoms with van der Waals surface area (Å²) < 4.78 is 2.33. The summed E-state index contributed by atoms with van der Waals surface area (Å²) in [5, 5.41) is 15.9. The van der Waals surface area contributed by atoms with Crippen LogP contribution in [0.15, 0.2) is 23.1 Å². The van der Waals surface area contributed by atoms with Crippen molar-refractivity contribution in [2.75, 3.05) is 6.54 Å². The van der Waals surface area contributed by atoms with Crippen LogP contribution in [0, 0.1) is 0 Å². The van der Waals surface area contributed by atoms with Crippen molar-refractivity contribution in [1.82, 2.24) is 19.9 Å². The number of aliphatic hydroxyl groups excluding tert-OH is 1. The van der Waals surface area contributed by atoms with Gasteiger partial charge in [-0.2, -0.15) is 5.10 Å². The van der Waals surface area contributed by atoms with Gasteiger partial charge in [0, 0.05) is 18.9 Å². The van der Waals surface area contributed by atoms with E-state index in [2.05, 4.69) is 31.3 Å². The van der Waals surface area contributed by atoms with Crippen molar-refractivity contribution in [1.29, 1.82) is 0 Å². The number of nitrogens with one attached hydrogen (secondary N) is 1. The van der Waals surface area contributed by atoms with Gasteiger partial charge >= 0.3 is 0 Å². The fourth-order valence-corrected chi connectivity index (χ4v) is 1.80. The second-order valence-corrected chi connectivity index (χ2v) is 4.91. The van der Waals surface area contributed by atoms with E-state index in [4.69, 9.17) is 5.11 Å². The molecule has 7 heteroatoms. The van der Waals surface area contributed by atoms with E-state index in [1.807, 2.05) is 0 Å². The van der Waals surface area contributed by atoms with Gasteiger partial charge in [0.05, 0.1) is 16.8 Å². The van der Waals surface area contributed by atoms with Crippen molar-refractivity contribution in [2.45, 2.75) is 19.4 Å². The van der Waals surface area contributed by atoms with E-state index in [9.17, 15) is 4.79 Å². The molecule has 0 aromatic carbocycles. The first-order valence-corrected chi connectivity index (χ1v) is 6.32. The molecule has 0 spiro atoms. The highest BCUT2D eigenvalue weighted by Crippen LogP contribution is 2.12. The summed E-state index contributed by atoms with van der Waals surface area (Å²) in [6, 6.07) is 0. The minimum absolute atomic E-state index is 0.236. The SMILES string of the molecule is CC(O)CCNC(=O)c1cnn2cc(Br)cnc12. The van der Waals surface area contributed by atoms with Crippen LogP contribution >= 0.6 is 15.9 Å². The van der Waals surface area contributed by atoms with Crippen molar-refractivity contribution < 1.29 is 9.90 Å². The molecule has 0 saturated heterocycles. The summed E-state index contributed by atoms with van der Waals surface area (Å²) >= 11 is 3.28. The Labute approximate surface area is 112 Å². The van der Waals surface area contributed by atoms with Gasteiger partial charge in [0.25, 0.3) is 5.91 Å². The van der Waals surface area contributed by atoms with E-state index in [-0.39, 0.29) is 5.91 Å². The van der Waals surface area contributed by atoms with E-state index in [1.54, 1.807) is 19.3 Å². The average molecular weight is 313 g/mol. The molecule has 2 N–H and O–H groups in total. The maximum atomic E-state index is 11.9. The molecule has 0 aliphatic carbocycles. The fraction of sp³-hybridized carbons (Fsp3) is 0.364. The Morgan fingerprint density at radius 1 is 1.61 bits per heavy atom. The second-order valence-electron chi connectivity index (χ2n) is 3.99. The molecular weight excluding hydrogens is 300 g/mol. The molecule has 1 atom stereocenters. The van der Waals surface area contributed by atoms with Crippen LogP contribution in [-0.2, 0) is 0 Å². The molecule has 96 valence electrons. The number of hydrogen-bond donors (Lipinski definition) is 2. The molecule has 0 bridgehead atoms. The normalized spacial score (nSPS) is 12.6. The summed E-state index contributed by atoms with van der Waals surface area (Å²) in [5.41, 5.74) is 0.931. The number of carbonyl (C=O) groups excluding carboxylic acids is 1. The Hall–Kier alpha value is -1.47. The van der Waals surface area contributed by atoms with Gasteiger partial charge in [-0.25, -0.2) is 9.50 Å². The van der Waals surface area contributed by atoms with Crippen molar-refractivity contribution in [3.8, 4) is 0 Å². The van der Waals surface area contributed by atoms with E-state index < -0.39 is 6.10 Å². The summed E-state index contributed by atoms with van der Waals surface area (Å²) in [6.07, 6.45) is 4.91. The first kappa shape index (κ1) is 13.0. The summed E-state index contributed by atoms with van der Waals surface area (Å²) in [5.74, 6) is -0.236. The number of aliphatic hydroxyl groups is 1. The van der Waals surface area contributed by atoms with Gasteiger partial charge in [0.2, 0.25) is 0 Å². The fourth-order valence-electron chi connectivity index (χ4n) is 1.50. The lowest BCUT2D eigenvalue weighted by atomic mass is 10.2. The van der Waals surface area contributed by atoms with Crippen LogP contribution in [0.3, 0.4) is 0 Å². The highest BCUT2D eigenvalue weighted by molar-refractivity contribution is 9.10. The highest BCUT2D eigenvalue weighted by Gasteiger charge is 2.13. The van der Waals surface area contributed by atoms with Gasteiger partial charge in [-0.1, -0.05) is 0 Å². The second kappa shape index (κ2) is 5.45. The predicted molar refractivity (Wildman–Crippen MR) is 69.3 cm³/mol. The van der Waals surface area contributed by atoms with Crippen LogP contribution in [0.4, 0.5) is 0 Å². The number of rotatable bonds is 4. The Balaban J connectivity index is 2.13. The molecule has 18 heavy (non-hydrogen) atoms. The topological polar surface area (TPSA) is 79.5 Å².